The normalized spacial score (nSPS) is 46.8. The summed E-state index contributed by atoms with van der Waals surface area (Å²) in [5.74, 6) is -10.5. The highest BCUT2D eigenvalue weighted by Crippen LogP contribution is 2.62. The lowest BCUT2D eigenvalue weighted by atomic mass is 9.54. The summed E-state index contributed by atoms with van der Waals surface area (Å²) in [6.07, 6.45) is 9.28. The molecular weight excluding hydrogens is 652 g/mol. The van der Waals surface area contributed by atoms with Crippen LogP contribution in [-0.2, 0) is 38.4 Å². The smallest absolute Gasteiger partial charge is 0.238 e. The van der Waals surface area contributed by atoms with Crippen LogP contribution in [0.15, 0.2) is 48.6 Å². The van der Waals surface area contributed by atoms with Gasteiger partial charge in [0.25, 0.3) is 0 Å². The average molecular weight is 689 g/mol. The summed E-state index contributed by atoms with van der Waals surface area (Å²) < 4.78 is 0. The molecule has 0 aromatic heterocycles. The molecule has 12 aliphatic rings. The third-order valence-corrected chi connectivity index (χ3v) is 15.0. The molecule has 1 aromatic rings. The molecule has 8 aliphatic carbocycles. The van der Waals surface area contributed by atoms with Gasteiger partial charge in [0.1, 0.15) is 0 Å². The second-order valence-electron chi connectivity index (χ2n) is 16.8. The molecule has 12 nitrogen and oxygen atoms in total. The molecule has 0 spiro atoms. The number of imide groups is 4. The first-order chi connectivity index (χ1) is 24.5. The van der Waals surface area contributed by atoms with Crippen molar-refractivity contribution in [2.24, 2.45) is 82.9 Å². The predicted molar refractivity (Wildman–Crippen MR) is 174 cm³/mol. The Hall–Kier alpha value is -4.74. The van der Waals surface area contributed by atoms with Gasteiger partial charge in [-0.15, -0.1) is 0 Å². The van der Waals surface area contributed by atoms with E-state index in [0.29, 0.717) is 24.9 Å². The van der Waals surface area contributed by atoms with Crippen molar-refractivity contribution in [1.29, 1.82) is 0 Å². The zero-order valence-corrected chi connectivity index (χ0v) is 28.0. The Morgan fingerprint density at radius 1 is 0.471 bits per heavy atom. The second kappa shape index (κ2) is 9.57. The Kier molecular flexibility index (Phi) is 5.62. The zero-order valence-electron chi connectivity index (χ0n) is 28.0. The highest BCUT2D eigenvalue weighted by atomic mass is 16.2. The van der Waals surface area contributed by atoms with Crippen LogP contribution in [0.4, 0.5) is 5.69 Å². The van der Waals surface area contributed by atoms with E-state index in [1.54, 1.807) is 12.1 Å². The second-order valence-corrected chi connectivity index (χ2v) is 16.8. The lowest BCUT2D eigenvalue weighted by Gasteiger charge is -2.44. The third-order valence-electron chi connectivity index (χ3n) is 15.0. The van der Waals surface area contributed by atoms with E-state index in [1.807, 2.05) is 43.4 Å². The molecule has 13 rings (SSSR count). The number of allylic oxidation sites excluding steroid dienone is 4. The van der Waals surface area contributed by atoms with Crippen LogP contribution in [0.1, 0.15) is 24.8 Å². The maximum atomic E-state index is 14.5. The van der Waals surface area contributed by atoms with E-state index in [4.69, 9.17) is 0 Å². The van der Waals surface area contributed by atoms with Crippen LogP contribution in [0, 0.1) is 89.8 Å². The molecule has 1 aromatic carbocycles. The van der Waals surface area contributed by atoms with Gasteiger partial charge in [-0.3, -0.25) is 58.0 Å². The molecule has 4 heterocycles. The van der Waals surface area contributed by atoms with Crippen LogP contribution in [0.5, 0.6) is 0 Å². The van der Waals surface area contributed by atoms with Crippen LogP contribution >= 0.6 is 0 Å². The Morgan fingerprint density at radius 2 is 0.824 bits per heavy atom. The SMILES string of the molecule is Cc1ccc(N2C(=O)C3C4C=CC(C3C2=O)C2C(=O)N(C3CC5CC3C(N3C(=O)C6C7C=CC(C8C(=O)N(C)C(=O)C78)C6C3=O)C5)C(=O)C42)cc1. The first-order valence-corrected chi connectivity index (χ1v) is 18.4. The number of aryl methyl sites for hydroxylation is 1. The monoisotopic (exact) mass is 688 g/mol. The lowest BCUT2D eigenvalue weighted by Crippen LogP contribution is -2.53. The summed E-state index contributed by atoms with van der Waals surface area (Å²) in [5.41, 5.74) is 1.49. The van der Waals surface area contributed by atoms with E-state index in [-0.39, 0.29) is 59.1 Å². The highest BCUT2D eigenvalue weighted by molar-refractivity contribution is 6.23. The zero-order chi connectivity index (χ0) is 35.1. The maximum Gasteiger partial charge on any atom is 0.238 e. The molecule has 8 fully saturated rings. The van der Waals surface area contributed by atoms with Gasteiger partial charge >= 0.3 is 0 Å². The number of carbonyl (C=O) groups excluding carboxylic acids is 8. The fourth-order valence-corrected chi connectivity index (χ4v) is 13.1. The summed E-state index contributed by atoms with van der Waals surface area (Å²) in [4.78, 5) is 117. The van der Waals surface area contributed by atoms with Gasteiger partial charge in [0.05, 0.1) is 53.0 Å². The lowest BCUT2D eigenvalue weighted by molar-refractivity contribution is -0.147. The first-order valence-electron chi connectivity index (χ1n) is 18.4. The quantitative estimate of drug-likeness (QED) is 0.341. The summed E-state index contributed by atoms with van der Waals surface area (Å²) in [6, 6.07) is 6.20. The molecule has 16 unspecified atom stereocenters. The van der Waals surface area contributed by atoms with Gasteiger partial charge in [-0.2, -0.15) is 0 Å². The average Bonchev–Trinajstić information content (AvgIpc) is 3.95. The van der Waals surface area contributed by atoms with Gasteiger partial charge in [-0.25, -0.2) is 0 Å². The standard InChI is InChI=1S/C39H36N4O8/c1-14-3-5-16(6-4-14)41-34(46)26-19-9-10-20(27(26)35(41)47)31-30(19)38(50)43(39(31)51)23-13-15-11-21(23)22(12-15)42-36(48)28-17-7-8-18(29(28)37(42)49)25-24(17)32(44)40(2)33(25)45/h3-10,15,17-31H,11-13H2,1-2H3. The van der Waals surface area contributed by atoms with E-state index >= 15 is 0 Å². The topological polar surface area (TPSA) is 150 Å². The number of hydrogen-bond acceptors (Lipinski definition) is 8. The van der Waals surface area contributed by atoms with Crippen molar-refractivity contribution in [3.8, 4) is 0 Å². The van der Waals surface area contributed by atoms with Gasteiger partial charge in [-0.1, -0.05) is 42.0 Å². The van der Waals surface area contributed by atoms with Crippen LogP contribution < -0.4 is 4.90 Å². The van der Waals surface area contributed by atoms with Crippen molar-refractivity contribution >= 4 is 52.9 Å². The van der Waals surface area contributed by atoms with Gasteiger partial charge in [0.2, 0.25) is 47.3 Å². The fraction of sp³-hybridized carbons (Fsp3) is 0.538. The molecule has 4 saturated heterocycles. The van der Waals surface area contributed by atoms with Crippen LogP contribution in [-0.4, -0.2) is 81.1 Å². The number of carbonyl (C=O) groups is 8. The molecule has 8 amide bonds. The van der Waals surface area contributed by atoms with Crippen LogP contribution in [0.25, 0.3) is 0 Å². The number of fused-ring (bicyclic) bond motifs is 2. The van der Waals surface area contributed by atoms with Crippen molar-refractivity contribution in [2.45, 2.75) is 38.3 Å². The minimum absolute atomic E-state index is 0.114. The maximum absolute atomic E-state index is 14.5. The van der Waals surface area contributed by atoms with Crippen LogP contribution in [0.2, 0.25) is 0 Å². The van der Waals surface area contributed by atoms with E-state index in [1.165, 1.54) is 21.7 Å². The molecule has 0 radical (unpaired) electrons. The Balaban J connectivity index is 0.879. The van der Waals surface area contributed by atoms with Crippen molar-refractivity contribution in [3.63, 3.8) is 0 Å². The number of anilines is 1. The van der Waals surface area contributed by atoms with Gasteiger partial charge in [0.15, 0.2) is 0 Å². The Bertz CT molecular complexity index is 1920. The number of amides is 8. The van der Waals surface area contributed by atoms with E-state index < -0.39 is 83.1 Å². The molecule has 12 heteroatoms. The number of rotatable bonds is 3. The molecule has 51 heavy (non-hydrogen) atoms. The molecule has 0 N–H and O–H groups in total. The minimum Gasteiger partial charge on any atom is -0.285 e. The summed E-state index contributed by atoms with van der Waals surface area (Å²) in [6.45, 7) is 1.92. The first kappa shape index (κ1) is 29.9. The highest BCUT2D eigenvalue weighted by Gasteiger charge is 2.72. The van der Waals surface area contributed by atoms with Crippen molar-refractivity contribution in [1.82, 2.24) is 14.7 Å². The molecule has 260 valence electrons. The number of hydrogen-bond donors (Lipinski definition) is 0. The summed E-state index contributed by atoms with van der Waals surface area (Å²) >= 11 is 0. The van der Waals surface area contributed by atoms with Crippen molar-refractivity contribution in [3.05, 3.63) is 54.1 Å². The van der Waals surface area contributed by atoms with Gasteiger partial charge in [0, 0.05) is 48.7 Å². The number of benzene rings is 1. The fourth-order valence-electron chi connectivity index (χ4n) is 13.1. The van der Waals surface area contributed by atoms with Gasteiger partial charge in [-0.05, 0) is 44.2 Å². The minimum atomic E-state index is -0.742. The Morgan fingerprint density at radius 3 is 1.20 bits per heavy atom. The molecule has 16 atom stereocenters. The molecule has 4 saturated carbocycles. The summed E-state index contributed by atoms with van der Waals surface area (Å²) in [5, 5.41) is 0. The third kappa shape index (κ3) is 3.34. The molecule has 4 aliphatic heterocycles. The number of likely N-dealkylation sites (tertiary alicyclic amines) is 3. The van der Waals surface area contributed by atoms with Crippen molar-refractivity contribution < 1.29 is 38.4 Å². The molecular formula is C39H36N4O8. The predicted octanol–water partition coefficient (Wildman–Crippen LogP) is 1.33. The number of nitrogens with zero attached hydrogens (tertiary/aromatic N) is 4. The van der Waals surface area contributed by atoms with Crippen LogP contribution in [0.3, 0.4) is 0 Å². The van der Waals surface area contributed by atoms with E-state index in [0.717, 1.165) is 10.5 Å². The summed E-state index contributed by atoms with van der Waals surface area (Å²) in [7, 11) is 1.46. The van der Waals surface area contributed by atoms with E-state index in [2.05, 4.69) is 0 Å². The Labute approximate surface area is 292 Å². The van der Waals surface area contributed by atoms with Gasteiger partial charge < -0.3 is 0 Å². The largest absolute Gasteiger partial charge is 0.285 e. The molecule has 6 bridgehead atoms. The van der Waals surface area contributed by atoms with E-state index in [9.17, 15) is 38.4 Å². The van der Waals surface area contributed by atoms with Crippen molar-refractivity contribution in [2.75, 3.05) is 11.9 Å².